The molecule has 2 aliphatic rings. The number of rotatable bonds is 4. The molecule has 0 bridgehead atoms. The van der Waals surface area contributed by atoms with Gasteiger partial charge in [-0.2, -0.15) is 0 Å². The molecule has 0 aliphatic heterocycles. The molecule has 2 N–H and O–H groups in total. The maximum absolute atomic E-state index is 6.26. The van der Waals surface area contributed by atoms with Crippen LogP contribution in [0.3, 0.4) is 0 Å². The van der Waals surface area contributed by atoms with E-state index in [1.807, 2.05) is 0 Å². The van der Waals surface area contributed by atoms with E-state index >= 15 is 0 Å². The summed E-state index contributed by atoms with van der Waals surface area (Å²) in [6.07, 6.45) is 9.22. The Morgan fingerprint density at radius 1 is 1.44 bits per heavy atom. The van der Waals surface area contributed by atoms with Crippen molar-refractivity contribution in [1.29, 1.82) is 0 Å². The van der Waals surface area contributed by atoms with Gasteiger partial charge in [0.05, 0.1) is 6.61 Å². The van der Waals surface area contributed by atoms with Gasteiger partial charge in [-0.1, -0.05) is 31.6 Å². The van der Waals surface area contributed by atoms with E-state index in [0.29, 0.717) is 0 Å². The Balaban J connectivity index is 2.17. The van der Waals surface area contributed by atoms with Crippen LogP contribution in [-0.2, 0) is 4.74 Å². The average molecular weight is 221 g/mol. The van der Waals surface area contributed by atoms with Crippen molar-refractivity contribution in [3.8, 4) is 0 Å². The molecule has 0 aromatic rings. The van der Waals surface area contributed by atoms with Gasteiger partial charge in [-0.25, -0.2) is 0 Å². The van der Waals surface area contributed by atoms with E-state index in [1.165, 1.54) is 11.1 Å². The largest absolute Gasteiger partial charge is 0.384 e. The van der Waals surface area contributed by atoms with Crippen molar-refractivity contribution >= 4 is 0 Å². The maximum Gasteiger partial charge on any atom is 0.0550 e. The molecule has 2 heteroatoms. The van der Waals surface area contributed by atoms with Crippen LogP contribution in [-0.4, -0.2) is 19.3 Å². The number of methoxy groups -OCH3 is 1. The molecule has 0 spiro atoms. The highest BCUT2D eigenvalue weighted by atomic mass is 16.5. The molecular formula is C14H23NO. The summed E-state index contributed by atoms with van der Waals surface area (Å²) in [6.45, 7) is 5.28. The Kier molecular flexibility index (Phi) is 2.97. The van der Waals surface area contributed by atoms with E-state index in [9.17, 15) is 0 Å². The first-order valence-electron chi connectivity index (χ1n) is 6.17. The highest BCUT2D eigenvalue weighted by molar-refractivity contribution is 5.42. The summed E-state index contributed by atoms with van der Waals surface area (Å²) in [5.74, 6) is 0. The van der Waals surface area contributed by atoms with Gasteiger partial charge in [0, 0.05) is 18.1 Å². The minimum atomic E-state index is 0.00875. The molecule has 1 saturated carbocycles. The van der Waals surface area contributed by atoms with Gasteiger partial charge >= 0.3 is 0 Å². The predicted molar refractivity (Wildman–Crippen MR) is 67.2 cm³/mol. The van der Waals surface area contributed by atoms with Gasteiger partial charge in [-0.05, 0) is 31.3 Å². The van der Waals surface area contributed by atoms with E-state index in [-0.39, 0.29) is 11.0 Å². The molecule has 0 saturated heterocycles. The second kappa shape index (κ2) is 4.01. The van der Waals surface area contributed by atoms with Gasteiger partial charge < -0.3 is 10.5 Å². The first-order chi connectivity index (χ1) is 7.48. The van der Waals surface area contributed by atoms with Crippen molar-refractivity contribution in [2.75, 3.05) is 13.7 Å². The standard InChI is InChI=1S/C14H23NO/c1-13(2,10-16-3)11-5-4-6-12(9-11)14(15)7-8-14/h6,9H,4-5,7-8,10,15H2,1-3H3. The van der Waals surface area contributed by atoms with Crippen LogP contribution >= 0.6 is 0 Å². The van der Waals surface area contributed by atoms with Gasteiger partial charge in [-0.3, -0.25) is 0 Å². The van der Waals surface area contributed by atoms with Crippen LogP contribution in [0.4, 0.5) is 0 Å². The minimum Gasteiger partial charge on any atom is -0.384 e. The first-order valence-corrected chi connectivity index (χ1v) is 6.17. The number of hydrogen-bond donors (Lipinski definition) is 1. The molecule has 2 nitrogen and oxygen atoms in total. The Hall–Kier alpha value is -0.600. The molecule has 0 radical (unpaired) electrons. The third-order valence-electron chi connectivity index (χ3n) is 3.85. The van der Waals surface area contributed by atoms with Crippen LogP contribution in [0.25, 0.3) is 0 Å². The molecule has 16 heavy (non-hydrogen) atoms. The Bertz CT molecular complexity index is 335. The zero-order valence-electron chi connectivity index (χ0n) is 10.7. The van der Waals surface area contributed by atoms with Crippen molar-refractivity contribution in [1.82, 2.24) is 0 Å². The fourth-order valence-electron chi connectivity index (χ4n) is 2.46. The van der Waals surface area contributed by atoms with Crippen molar-refractivity contribution in [3.05, 3.63) is 23.3 Å². The van der Waals surface area contributed by atoms with E-state index < -0.39 is 0 Å². The van der Waals surface area contributed by atoms with Crippen LogP contribution in [0.2, 0.25) is 0 Å². The van der Waals surface area contributed by atoms with Crippen LogP contribution in [0, 0.1) is 5.41 Å². The average Bonchev–Trinajstić information content (AvgIpc) is 2.98. The van der Waals surface area contributed by atoms with Gasteiger partial charge in [0.1, 0.15) is 0 Å². The quantitative estimate of drug-likeness (QED) is 0.792. The van der Waals surface area contributed by atoms with Crippen LogP contribution in [0.1, 0.15) is 39.5 Å². The smallest absolute Gasteiger partial charge is 0.0550 e. The third-order valence-corrected chi connectivity index (χ3v) is 3.85. The second-order valence-corrected chi connectivity index (χ2v) is 5.84. The topological polar surface area (TPSA) is 35.2 Å². The predicted octanol–water partition coefficient (Wildman–Crippen LogP) is 2.80. The summed E-state index contributed by atoms with van der Waals surface area (Å²) in [7, 11) is 1.77. The molecule has 0 unspecified atom stereocenters. The highest BCUT2D eigenvalue weighted by Gasteiger charge is 2.42. The molecule has 0 aromatic carbocycles. The van der Waals surface area contributed by atoms with E-state index in [4.69, 9.17) is 10.5 Å². The van der Waals surface area contributed by atoms with Crippen molar-refractivity contribution in [3.63, 3.8) is 0 Å². The molecular weight excluding hydrogens is 198 g/mol. The number of ether oxygens (including phenoxy) is 1. The minimum absolute atomic E-state index is 0.00875. The first kappa shape index (κ1) is 11.9. The SMILES string of the molecule is COCC(C)(C)C1=CC(C2(N)CC2)=CCC1. The van der Waals surface area contributed by atoms with Crippen molar-refractivity contribution in [2.24, 2.45) is 11.1 Å². The van der Waals surface area contributed by atoms with Crippen molar-refractivity contribution < 1.29 is 4.74 Å². The third kappa shape index (κ3) is 2.23. The van der Waals surface area contributed by atoms with Gasteiger partial charge in [0.2, 0.25) is 0 Å². The molecule has 90 valence electrons. The molecule has 2 rings (SSSR count). The zero-order chi connectivity index (χ0) is 11.8. The zero-order valence-corrected chi connectivity index (χ0v) is 10.7. The molecule has 0 heterocycles. The summed E-state index contributed by atoms with van der Waals surface area (Å²) in [6, 6.07) is 0. The lowest BCUT2D eigenvalue weighted by Gasteiger charge is -2.30. The van der Waals surface area contributed by atoms with E-state index in [1.54, 1.807) is 7.11 Å². The molecule has 1 fully saturated rings. The molecule has 2 aliphatic carbocycles. The Morgan fingerprint density at radius 2 is 2.12 bits per heavy atom. The summed E-state index contributed by atoms with van der Waals surface area (Å²) in [4.78, 5) is 0. The molecule has 0 amide bonds. The highest BCUT2D eigenvalue weighted by Crippen LogP contribution is 2.44. The van der Waals surface area contributed by atoms with Gasteiger partial charge in [0.15, 0.2) is 0 Å². The molecule has 0 atom stereocenters. The normalized spacial score (nSPS) is 23.8. The summed E-state index contributed by atoms with van der Waals surface area (Å²) >= 11 is 0. The summed E-state index contributed by atoms with van der Waals surface area (Å²) in [5, 5.41) is 0. The lowest BCUT2D eigenvalue weighted by molar-refractivity contribution is 0.124. The van der Waals surface area contributed by atoms with Gasteiger partial charge in [-0.15, -0.1) is 0 Å². The Labute approximate surface area is 98.5 Å². The molecule has 0 aromatic heterocycles. The lowest BCUT2D eigenvalue weighted by atomic mass is 9.78. The second-order valence-electron chi connectivity index (χ2n) is 5.84. The van der Waals surface area contributed by atoms with Gasteiger partial charge in [0.25, 0.3) is 0 Å². The maximum atomic E-state index is 6.26. The monoisotopic (exact) mass is 221 g/mol. The number of nitrogens with two attached hydrogens (primary N) is 1. The lowest BCUT2D eigenvalue weighted by Crippen LogP contribution is -2.28. The van der Waals surface area contributed by atoms with Crippen LogP contribution in [0.15, 0.2) is 23.3 Å². The fourth-order valence-corrected chi connectivity index (χ4v) is 2.46. The van der Waals surface area contributed by atoms with Crippen molar-refractivity contribution in [2.45, 2.75) is 45.1 Å². The van der Waals surface area contributed by atoms with Crippen LogP contribution < -0.4 is 5.73 Å². The number of allylic oxidation sites excluding steroid dienone is 1. The fraction of sp³-hybridized carbons (Fsp3) is 0.714. The van der Waals surface area contributed by atoms with Crippen LogP contribution in [0.5, 0.6) is 0 Å². The summed E-state index contributed by atoms with van der Waals surface area (Å²) < 4.78 is 5.30. The van der Waals surface area contributed by atoms with E-state index in [0.717, 1.165) is 32.3 Å². The van der Waals surface area contributed by atoms with E-state index in [2.05, 4.69) is 26.0 Å². The number of hydrogen-bond acceptors (Lipinski definition) is 2. The Morgan fingerprint density at radius 3 is 2.69 bits per heavy atom. The summed E-state index contributed by atoms with van der Waals surface area (Å²) in [5.41, 5.74) is 9.25.